The van der Waals surface area contributed by atoms with Gasteiger partial charge in [0.05, 0.1) is 6.10 Å². The van der Waals surface area contributed by atoms with Gasteiger partial charge in [-0.2, -0.15) is 0 Å². The van der Waals surface area contributed by atoms with E-state index in [0.717, 1.165) is 30.3 Å². The first kappa shape index (κ1) is 37.4. The van der Waals surface area contributed by atoms with E-state index in [1.807, 2.05) is 5.57 Å². The Balaban J connectivity index is 1.49. The summed E-state index contributed by atoms with van der Waals surface area (Å²) in [5.41, 5.74) is 3.44. The van der Waals surface area contributed by atoms with E-state index in [1.54, 1.807) is 0 Å². The summed E-state index contributed by atoms with van der Waals surface area (Å²) in [6.45, 7) is 44.0. The molecule has 0 spiro atoms. The van der Waals surface area contributed by atoms with Crippen LogP contribution in [0.5, 0.6) is 0 Å². The highest BCUT2D eigenvalue weighted by molar-refractivity contribution is 6.74. The van der Waals surface area contributed by atoms with Gasteiger partial charge in [-0.1, -0.05) is 102 Å². The smallest absolute Gasteiger partial charge is 0.192 e. The number of fused-ring (bicyclic) bond motifs is 7. The molecule has 2 nitrogen and oxygen atoms in total. The molecule has 5 aliphatic carbocycles. The van der Waals surface area contributed by atoms with Gasteiger partial charge >= 0.3 is 0 Å². The second-order valence-electron chi connectivity index (χ2n) is 22.3. The first-order chi connectivity index (χ1) is 20.7. The highest BCUT2D eigenvalue weighted by Crippen LogP contribution is 2.76. The van der Waals surface area contributed by atoms with Gasteiger partial charge < -0.3 is 8.85 Å². The van der Waals surface area contributed by atoms with Crippen molar-refractivity contribution in [2.24, 2.45) is 56.7 Å². The molecule has 46 heavy (non-hydrogen) atoms. The van der Waals surface area contributed by atoms with Crippen LogP contribution in [0, 0.1) is 56.7 Å². The Kier molecular flexibility index (Phi) is 9.17. The molecular weight excluding hydrogens is 593 g/mol. The van der Waals surface area contributed by atoms with Gasteiger partial charge in [0.25, 0.3) is 0 Å². The summed E-state index contributed by atoms with van der Waals surface area (Å²) in [4.78, 5) is 0. The Bertz CT molecular complexity index is 1190. The van der Waals surface area contributed by atoms with Crippen LogP contribution in [0.25, 0.3) is 0 Å². The normalized spacial score (nSPS) is 44.8. The van der Waals surface area contributed by atoms with Crippen molar-refractivity contribution in [3.8, 4) is 0 Å². The van der Waals surface area contributed by atoms with E-state index >= 15 is 0 Å². The predicted molar refractivity (Wildman–Crippen MR) is 204 cm³/mol. The van der Waals surface area contributed by atoms with E-state index in [1.165, 1.54) is 57.8 Å². The third-order valence-corrected chi connectivity index (χ3v) is 26.8. The molecule has 0 bridgehead atoms. The van der Waals surface area contributed by atoms with E-state index in [0.29, 0.717) is 33.7 Å². The van der Waals surface area contributed by atoms with E-state index in [4.69, 9.17) is 8.85 Å². The molecule has 0 radical (unpaired) electrons. The topological polar surface area (TPSA) is 18.5 Å². The average Bonchev–Trinajstić information content (AvgIpc) is 2.90. The van der Waals surface area contributed by atoms with Crippen molar-refractivity contribution in [1.29, 1.82) is 0 Å². The zero-order valence-electron chi connectivity index (χ0n) is 33.9. The van der Waals surface area contributed by atoms with Crippen molar-refractivity contribution < 1.29 is 8.85 Å². The fourth-order valence-corrected chi connectivity index (χ4v) is 14.7. The Labute approximate surface area is 289 Å². The minimum absolute atomic E-state index is 0.213. The fourth-order valence-electron chi connectivity index (χ4n) is 12.1. The van der Waals surface area contributed by atoms with Crippen molar-refractivity contribution in [3.05, 3.63) is 11.6 Å². The molecule has 0 aromatic heterocycles. The van der Waals surface area contributed by atoms with Gasteiger partial charge in [0.1, 0.15) is 0 Å². The van der Waals surface area contributed by atoms with E-state index in [-0.39, 0.29) is 15.5 Å². The Morgan fingerprint density at radius 1 is 0.739 bits per heavy atom. The van der Waals surface area contributed by atoms with Gasteiger partial charge in [-0.05, 0) is 151 Å². The van der Waals surface area contributed by atoms with E-state index in [9.17, 15) is 0 Å². The summed E-state index contributed by atoms with van der Waals surface area (Å²) < 4.78 is 14.5. The zero-order chi connectivity index (χ0) is 34.7. The molecule has 4 heteroatoms. The number of allylic oxidation sites excluding steroid dienone is 2. The lowest BCUT2D eigenvalue weighted by atomic mass is 9.33. The summed E-state index contributed by atoms with van der Waals surface area (Å²) in [6.07, 6.45) is 15.3. The Morgan fingerprint density at radius 3 is 1.93 bits per heavy atom. The minimum Gasteiger partial charge on any atom is -0.416 e. The molecule has 0 aliphatic heterocycles. The lowest BCUT2D eigenvalue weighted by Crippen LogP contribution is -2.66. The van der Waals surface area contributed by atoms with Gasteiger partial charge in [-0.15, -0.1) is 0 Å². The van der Waals surface area contributed by atoms with Gasteiger partial charge in [0, 0.05) is 6.61 Å². The molecule has 0 amide bonds. The maximum Gasteiger partial charge on any atom is 0.192 e. The monoisotopic (exact) mass is 671 g/mol. The predicted octanol–water partition coefficient (Wildman–Crippen LogP) is 13.1. The standard InChI is InChI=1S/C42H78O2Si2/c1-29-20-25-42(28-43-45(14,15)36(3,4)5)27-26-40(12)31(35(42)30(29)2)18-19-33-39(11)23-22-34(44-46(16,17)37(6,7)8)38(9,10)32(39)21-24-41(33,40)13/h18,29-30,32-35H,19-28H2,1-17H3/t29-,30+,32+,33-,34+,35+,39+,40-,41-,42-/m1/s1. The van der Waals surface area contributed by atoms with Crippen LogP contribution in [0.3, 0.4) is 0 Å². The summed E-state index contributed by atoms with van der Waals surface area (Å²) in [5.74, 6) is 3.69. The highest BCUT2D eigenvalue weighted by atomic mass is 28.4. The molecular formula is C42H78O2Si2. The van der Waals surface area contributed by atoms with Crippen molar-refractivity contribution in [2.75, 3.05) is 6.61 Å². The molecule has 5 aliphatic rings. The molecule has 4 fully saturated rings. The minimum atomic E-state index is -1.83. The van der Waals surface area contributed by atoms with Crippen molar-refractivity contribution in [2.45, 2.75) is 190 Å². The number of hydrogen-bond acceptors (Lipinski definition) is 2. The van der Waals surface area contributed by atoms with Crippen LogP contribution in [0.15, 0.2) is 11.6 Å². The molecule has 0 heterocycles. The van der Waals surface area contributed by atoms with Gasteiger partial charge in [-0.3, -0.25) is 0 Å². The number of rotatable bonds is 5. The molecule has 5 rings (SSSR count). The van der Waals surface area contributed by atoms with Gasteiger partial charge in [0.15, 0.2) is 16.6 Å². The second-order valence-corrected chi connectivity index (χ2v) is 31.9. The lowest BCUT2D eigenvalue weighted by molar-refractivity contribution is -0.203. The van der Waals surface area contributed by atoms with E-state index in [2.05, 4.69) is 122 Å². The van der Waals surface area contributed by atoms with Crippen molar-refractivity contribution >= 4 is 16.6 Å². The largest absolute Gasteiger partial charge is 0.416 e. The van der Waals surface area contributed by atoms with Crippen LogP contribution in [-0.2, 0) is 8.85 Å². The third kappa shape index (κ3) is 5.40. The molecule has 0 aromatic rings. The summed E-state index contributed by atoms with van der Waals surface area (Å²) in [6, 6.07) is 0. The van der Waals surface area contributed by atoms with Crippen LogP contribution in [0.2, 0.25) is 36.3 Å². The second kappa shape index (κ2) is 11.3. The SMILES string of the molecule is C[C@H]1[C@H](C)CC[C@]2(CO[Si](C)(C)C(C)(C)C)CC[C@]3(C)C(=CC[C@@H]4[C@@]5(C)CC[C@H](O[Si](C)(C)C(C)(C)C)C(C)(C)[C@@H]5CC[C@]43C)[C@H]12. The van der Waals surface area contributed by atoms with Crippen LogP contribution in [0.4, 0.5) is 0 Å². The summed E-state index contributed by atoms with van der Waals surface area (Å²) in [5, 5.41) is 0.519. The average molecular weight is 671 g/mol. The maximum absolute atomic E-state index is 7.30. The quantitative estimate of drug-likeness (QED) is 0.214. The van der Waals surface area contributed by atoms with Crippen LogP contribution in [-0.4, -0.2) is 29.3 Å². The molecule has 0 unspecified atom stereocenters. The molecule has 266 valence electrons. The fraction of sp³-hybridized carbons (Fsp3) is 0.952. The molecule has 0 saturated heterocycles. The van der Waals surface area contributed by atoms with E-state index < -0.39 is 16.6 Å². The van der Waals surface area contributed by atoms with Gasteiger partial charge in [0.2, 0.25) is 0 Å². The first-order valence-electron chi connectivity index (χ1n) is 19.7. The Morgan fingerprint density at radius 2 is 1.35 bits per heavy atom. The van der Waals surface area contributed by atoms with Crippen LogP contribution in [0.1, 0.15) is 148 Å². The van der Waals surface area contributed by atoms with Crippen LogP contribution < -0.4 is 0 Å². The Hall–Kier alpha value is 0.0938. The molecule has 0 aromatic carbocycles. The zero-order valence-corrected chi connectivity index (χ0v) is 35.9. The van der Waals surface area contributed by atoms with Crippen molar-refractivity contribution in [3.63, 3.8) is 0 Å². The maximum atomic E-state index is 7.30. The third-order valence-electron chi connectivity index (χ3n) is 17.9. The molecule has 10 atom stereocenters. The molecule has 4 saturated carbocycles. The van der Waals surface area contributed by atoms with Crippen molar-refractivity contribution in [1.82, 2.24) is 0 Å². The summed E-state index contributed by atoms with van der Waals surface area (Å²) >= 11 is 0. The highest BCUT2D eigenvalue weighted by Gasteiger charge is 2.69. The van der Waals surface area contributed by atoms with Gasteiger partial charge in [-0.25, -0.2) is 0 Å². The van der Waals surface area contributed by atoms with Crippen LogP contribution >= 0.6 is 0 Å². The summed E-state index contributed by atoms with van der Waals surface area (Å²) in [7, 11) is -3.65. The first-order valence-corrected chi connectivity index (χ1v) is 25.5. The molecule has 0 N–H and O–H groups in total. The number of hydrogen-bond donors (Lipinski definition) is 0. The lowest BCUT2D eigenvalue weighted by Gasteiger charge is -2.72.